The maximum atomic E-state index is 8.92. The highest BCUT2D eigenvalue weighted by Crippen LogP contribution is 2.34. The van der Waals surface area contributed by atoms with Crippen molar-refractivity contribution in [3.05, 3.63) is 47.7 Å². The number of aromatic nitrogens is 1. The van der Waals surface area contributed by atoms with Gasteiger partial charge in [0.05, 0.1) is 19.8 Å². The van der Waals surface area contributed by atoms with Crippen LogP contribution in [-0.2, 0) is 6.54 Å². The van der Waals surface area contributed by atoms with Crippen molar-refractivity contribution in [3.8, 4) is 17.6 Å². The van der Waals surface area contributed by atoms with Crippen LogP contribution in [0.5, 0.6) is 11.5 Å². The first kappa shape index (κ1) is 15.2. The van der Waals surface area contributed by atoms with Gasteiger partial charge >= 0.3 is 0 Å². The van der Waals surface area contributed by atoms with Gasteiger partial charge < -0.3 is 14.4 Å². The van der Waals surface area contributed by atoms with Crippen LogP contribution in [0.15, 0.2) is 36.5 Å². The lowest BCUT2D eigenvalue weighted by atomic mass is 10.1. The van der Waals surface area contributed by atoms with Crippen molar-refractivity contribution in [1.82, 2.24) is 4.98 Å². The molecule has 0 amide bonds. The fourth-order valence-corrected chi connectivity index (χ4v) is 2.59. The van der Waals surface area contributed by atoms with E-state index in [-0.39, 0.29) is 0 Å². The molecule has 3 rings (SSSR count). The van der Waals surface area contributed by atoms with Gasteiger partial charge in [0.1, 0.15) is 23.4 Å². The minimum atomic E-state index is 0.492. The third-order valence-corrected chi connectivity index (χ3v) is 3.99. The van der Waals surface area contributed by atoms with Crippen molar-refractivity contribution in [2.45, 2.75) is 25.4 Å². The molecule has 1 aliphatic rings. The number of benzene rings is 1. The van der Waals surface area contributed by atoms with E-state index >= 15 is 0 Å². The van der Waals surface area contributed by atoms with E-state index in [4.69, 9.17) is 14.7 Å². The van der Waals surface area contributed by atoms with Gasteiger partial charge in [0.2, 0.25) is 0 Å². The zero-order valence-electron chi connectivity index (χ0n) is 13.3. The Morgan fingerprint density at radius 3 is 2.61 bits per heavy atom. The second-order valence-corrected chi connectivity index (χ2v) is 5.55. The van der Waals surface area contributed by atoms with Crippen LogP contribution in [0.4, 0.5) is 5.82 Å². The molecule has 1 aromatic carbocycles. The summed E-state index contributed by atoms with van der Waals surface area (Å²) in [6, 6.07) is 12.1. The minimum Gasteiger partial charge on any atom is -0.497 e. The van der Waals surface area contributed by atoms with Crippen molar-refractivity contribution < 1.29 is 9.47 Å². The van der Waals surface area contributed by atoms with E-state index in [0.717, 1.165) is 35.7 Å². The van der Waals surface area contributed by atoms with Crippen LogP contribution in [0, 0.1) is 11.3 Å². The van der Waals surface area contributed by atoms with Gasteiger partial charge in [-0.1, -0.05) is 0 Å². The number of nitrogens with zero attached hydrogens (tertiary/aromatic N) is 3. The highest BCUT2D eigenvalue weighted by atomic mass is 16.5. The summed E-state index contributed by atoms with van der Waals surface area (Å²) in [5, 5.41) is 8.92. The van der Waals surface area contributed by atoms with Crippen LogP contribution < -0.4 is 14.4 Å². The Kier molecular flexibility index (Phi) is 4.33. The van der Waals surface area contributed by atoms with Gasteiger partial charge in [0.25, 0.3) is 0 Å². The molecule has 5 nitrogen and oxygen atoms in total. The molecule has 1 heterocycles. The summed E-state index contributed by atoms with van der Waals surface area (Å²) in [6.45, 7) is 0.698. The average molecular weight is 309 g/mol. The Labute approximate surface area is 136 Å². The Morgan fingerprint density at radius 1 is 1.22 bits per heavy atom. The first-order valence-electron chi connectivity index (χ1n) is 7.59. The summed E-state index contributed by atoms with van der Waals surface area (Å²) < 4.78 is 10.8. The largest absolute Gasteiger partial charge is 0.497 e. The average Bonchev–Trinajstić information content (AvgIpc) is 3.44. The molecule has 0 N–H and O–H groups in total. The number of rotatable bonds is 6. The van der Waals surface area contributed by atoms with Gasteiger partial charge in [-0.2, -0.15) is 5.26 Å². The lowest BCUT2D eigenvalue weighted by Crippen LogP contribution is -2.26. The standard InChI is InChI=1S/C18H19N3O2/c1-22-16-6-7-17(23-2)14(9-16)12-21(15-4-5-15)18-8-3-13(10-19)11-20-18/h3,6-9,11,15H,4-5,12H2,1-2H3. The molecule has 1 aromatic heterocycles. The van der Waals surface area contributed by atoms with Crippen molar-refractivity contribution in [2.24, 2.45) is 0 Å². The number of hydrogen-bond acceptors (Lipinski definition) is 5. The minimum absolute atomic E-state index is 0.492. The van der Waals surface area contributed by atoms with Crippen molar-refractivity contribution in [3.63, 3.8) is 0 Å². The van der Waals surface area contributed by atoms with Crippen LogP contribution >= 0.6 is 0 Å². The Bertz CT molecular complexity index is 718. The quantitative estimate of drug-likeness (QED) is 0.820. The second-order valence-electron chi connectivity index (χ2n) is 5.55. The molecule has 23 heavy (non-hydrogen) atoms. The molecule has 0 saturated heterocycles. The normalized spacial score (nSPS) is 13.3. The van der Waals surface area contributed by atoms with Gasteiger partial charge in [-0.05, 0) is 43.2 Å². The maximum Gasteiger partial charge on any atom is 0.129 e. The zero-order valence-corrected chi connectivity index (χ0v) is 13.3. The van der Waals surface area contributed by atoms with E-state index in [0.29, 0.717) is 18.2 Å². The Balaban J connectivity index is 1.89. The number of ether oxygens (including phenoxy) is 2. The number of pyridine rings is 1. The van der Waals surface area contributed by atoms with E-state index in [9.17, 15) is 0 Å². The monoisotopic (exact) mass is 309 g/mol. The van der Waals surface area contributed by atoms with Gasteiger partial charge in [0, 0.05) is 24.3 Å². The topological polar surface area (TPSA) is 58.4 Å². The zero-order chi connectivity index (χ0) is 16.2. The summed E-state index contributed by atoms with van der Waals surface area (Å²) in [6.07, 6.45) is 3.94. The molecule has 0 spiro atoms. The summed E-state index contributed by atoms with van der Waals surface area (Å²) in [7, 11) is 3.33. The van der Waals surface area contributed by atoms with Gasteiger partial charge in [-0.3, -0.25) is 0 Å². The summed E-state index contributed by atoms with van der Waals surface area (Å²) in [5.41, 5.74) is 1.63. The predicted octanol–water partition coefficient (Wildman–Crippen LogP) is 3.14. The highest BCUT2D eigenvalue weighted by Gasteiger charge is 2.30. The van der Waals surface area contributed by atoms with Crippen molar-refractivity contribution in [2.75, 3.05) is 19.1 Å². The predicted molar refractivity (Wildman–Crippen MR) is 87.7 cm³/mol. The summed E-state index contributed by atoms with van der Waals surface area (Å²) in [4.78, 5) is 6.70. The van der Waals surface area contributed by atoms with Gasteiger partial charge in [-0.15, -0.1) is 0 Å². The van der Waals surface area contributed by atoms with E-state index in [2.05, 4.69) is 16.0 Å². The van der Waals surface area contributed by atoms with Crippen LogP contribution in [0.1, 0.15) is 24.0 Å². The summed E-state index contributed by atoms with van der Waals surface area (Å²) in [5.74, 6) is 2.53. The number of methoxy groups -OCH3 is 2. The second kappa shape index (κ2) is 6.57. The Morgan fingerprint density at radius 2 is 2.04 bits per heavy atom. The lowest BCUT2D eigenvalue weighted by Gasteiger charge is -2.24. The van der Waals surface area contributed by atoms with E-state index < -0.39 is 0 Å². The molecule has 118 valence electrons. The molecule has 2 aromatic rings. The lowest BCUT2D eigenvalue weighted by molar-refractivity contribution is 0.398. The van der Waals surface area contributed by atoms with E-state index in [1.165, 1.54) is 0 Å². The fourth-order valence-electron chi connectivity index (χ4n) is 2.59. The third-order valence-electron chi connectivity index (χ3n) is 3.99. The van der Waals surface area contributed by atoms with Crippen LogP contribution in [0.25, 0.3) is 0 Å². The molecule has 0 aliphatic heterocycles. The molecule has 1 saturated carbocycles. The smallest absolute Gasteiger partial charge is 0.129 e. The molecule has 5 heteroatoms. The van der Waals surface area contributed by atoms with E-state index in [1.807, 2.05) is 24.3 Å². The number of hydrogen-bond donors (Lipinski definition) is 0. The van der Waals surface area contributed by atoms with Crippen LogP contribution in [0.2, 0.25) is 0 Å². The number of anilines is 1. The SMILES string of the molecule is COc1ccc(OC)c(CN(c2ccc(C#N)cn2)C2CC2)c1. The molecular weight excluding hydrogens is 290 g/mol. The first-order chi connectivity index (χ1) is 11.2. The maximum absolute atomic E-state index is 8.92. The number of nitriles is 1. The molecule has 0 bridgehead atoms. The first-order valence-corrected chi connectivity index (χ1v) is 7.59. The van der Waals surface area contributed by atoms with Gasteiger partial charge in [0.15, 0.2) is 0 Å². The molecule has 1 aliphatic carbocycles. The molecular formula is C18H19N3O2. The van der Waals surface area contributed by atoms with Gasteiger partial charge in [-0.25, -0.2) is 4.98 Å². The van der Waals surface area contributed by atoms with Crippen LogP contribution in [0.3, 0.4) is 0 Å². The van der Waals surface area contributed by atoms with E-state index in [1.54, 1.807) is 26.5 Å². The Hall–Kier alpha value is -2.74. The molecule has 0 radical (unpaired) electrons. The molecule has 0 atom stereocenters. The fraction of sp³-hybridized carbons (Fsp3) is 0.333. The highest BCUT2D eigenvalue weighted by molar-refractivity contribution is 5.48. The van der Waals surface area contributed by atoms with Crippen LogP contribution in [-0.4, -0.2) is 25.2 Å². The molecule has 1 fully saturated rings. The van der Waals surface area contributed by atoms with Crippen molar-refractivity contribution in [1.29, 1.82) is 5.26 Å². The summed E-state index contributed by atoms with van der Waals surface area (Å²) >= 11 is 0. The molecule has 0 unspecified atom stereocenters. The third kappa shape index (κ3) is 3.37. The van der Waals surface area contributed by atoms with Crippen molar-refractivity contribution >= 4 is 5.82 Å².